The number of nitrogens with one attached hydrogen (secondary N) is 2. The van der Waals surface area contributed by atoms with Gasteiger partial charge in [-0.1, -0.05) is 18.2 Å². The van der Waals surface area contributed by atoms with Gasteiger partial charge in [0.25, 0.3) is 0 Å². The molecule has 25 heavy (non-hydrogen) atoms. The maximum absolute atomic E-state index is 12.4. The van der Waals surface area contributed by atoms with Gasteiger partial charge in [-0.25, -0.2) is 9.78 Å². The number of carbonyl (C=O) groups is 2. The number of benzene rings is 1. The van der Waals surface area contributed by atoms with Crippen molar-refractivity contribution in [2.45, 2.75) is 13.0 Å². The molecule has 1 fully saturated rings. The number of carbonyl (C=O) groups excluding carboxylic acids is 2. The fourth-order valence-corrected chi connectivity index (χ4v) is 3.18. The summed E-state index contributed by atoms with van der Waals surface area (Å²) in [5, 5.41) is 7.75. The zero-order chi connectivity index (χ0) is 17.6. The number of amides is 3. The lowest BCUT2D eigenvalue weighted by atomic mass is 10.2. The van der Waals surface area contributed by atoms with Gasteiger partial charge >= 0.3 is 6.03 Å². The van der Waals surface area contributed by atoms with Crippen molar-refractivity contribution in [3.05, 3.63) is 41.9 Å². The molecule has 1 aliphatic heterocycles. The van der Waals surface area contributed by atoms with Gasteiger partial charge in [0, 0.05) is 43.4 Å². The lowest BCUT2D eigenvalue weighted by molar-refractivity contribution is -0.117. The van der Waals surface area contributed by atoms with Crippen LogP contribution in [0.5, 0.6) is 0 Å². The molecule has 8 heteroatoms. The zero-order valence-corrected chi connectivity index (χ0v) is 14.8. The highest BCUT2D eigenvalue weighted by atomic mass is 32.1. The molecule has 132 valence electrons. The van der Waals surface area contributed by atoms with E-state index in [1.165, 1.54) is 17.0 Å². The van der Waals surface area contributed by atoms with E-state index in [0.29, 0.717) is 18.2 Å². The van der Waals surface area contributed by atoms with Gasteiger partial charge < -0.3 is 20.4 Å². The molecular weight excluding hydrogens is 338 g/mol. The van der Waals surface area contributed by atoms with Crippen molar-refractivity contribution in [2.24, 2.45) is 0 Å². The van der Waals surface area contributed by atoms with E-state index in [2.05, 4.69) is 32.7 Å². The number of para-hydroxylation sites is 1. The van der Waals surface area contributed by atoms with E-state index < -0.39 is 6.04 Å². The van der Waals surface area contributed by atoms with E-state index in [0.717, 1.165) is 13.1 Å². The number of nitrogens with zero attached hydrogens (tertiary/aromatic N) is 3. The Labute approximate surface area is 150 Å². The Kier molecular flexibility index (Phi) is 5.49. The number of anilines is 2. The van der Waals surface area contributed by atoms with E-state index in [-0.39, 0.29) is 11.9 Å². The van der Waals surface area contributed by atoms with Crippen LogP contribution in [0.2, 0.25) is 0 Å². The second-order valence-corrected chi connectivity index (χ2v) is 6.70. The van der Waals surface area contributed by atoms with E-state index in [9.17, 15) is 9.59 Å². The van der Waals surface area contributed by atoms with Crippen molar-refractivity contribution >= 4 is 34.1 Å². The first-order chi connectivity index (χ1) is 12.1. The van der Waals surface area contributed by atoms with Gasteiger partial charge in [0.1, 0.15) is 6.04 Å². The van der Waals surface area contributed by atoms with E-state index in [4.69, 9.17) is 0 Å². The summed E-state index contributed by atoms with van der Waals surface area (Å²) in [6.07, 6.45) is 1.62. The Morgan fingerprint density at radius 1 is 1.16 bits per heavy atom. The topological polar surface area (TPSA) is 77.6 Å². The molecule has 0 unspecified atom stereocenters. The Morgan fingerprint density at radius 3 is 2.52 bits per heavy atom. The normalized spacial score (nSPS) is 15.6. The average Bonchev–Trinajstić information content (AvgIpc) is 3.15. The summed E-state index contributed by atoms with van der Waals surface area (Å²) in [5.41, 5.74) is 1.17. The Balaban J connectivity index is 1.46. The molecule has 7 nitrogen and oxygen atoms in total. The number of hydrogen-bond acceptors (Lipinski definition) is 5. The van der Waals surface area contributed by atoms with Gasteiger partial charge in [-0.15, -0.1) is 11.3 Å². The maximum Gasteiger partial charge on any atom is 0.318 e. The van der Waals surface area contributed by atoms with Gasteiger partial charge in [0.15, 0.2) is 5.13 Å². The van der Waals surface area contributed by atoms with Crippen LogP contribution in [0.3, 0.4) is 0 Å². The van der Waals surface area contributed by atoms with Crippen LogP contribution in [0.1, 0.15) is 6.92 Å². The molecule has 0 radical (unpaired) electrons. The molecule has 0 bridgehead atoms. The predicted molar refractivity (Wildman–Crippen MR) is 99.0 cm³/mol. The second kappa shape index (κ2) is 7.98. The number of urea groups is 1. The molecule has 1 atom stereocenters. The summed E-state index contributed by atoms with van der Waals surface area (Å²) in [7, 11) is 0. The summed E-state index contributed by atoms with van der Waals surface area (Å²) in [4.78, 5) is 32.4. The van der Waals surface area contributed by atoms with Crippen LogP contribution in [0.4, 0.5) is 15.6 Å². The fraction of sp³-hybridized carbons (Fsp3) is 0.353. The highest BCUT2D eigenvalue weighted by Crippen LogP contribution is 2.15. The lowest BCUT2D eigenvalue weighted by Gasteiger charge is -2.36. The number of piperazine rings is 1. The lowest BCUT2D eigenvalue weighted by Crippen LogP contribution is -2.54. The third-order valence-electron chi connectivity index (χ3n) is 4.08. The third kappa shape index (κ3) is 4.48. The molecule has 1 aromatic heterocycles. The first kappa shape index (κ1) is 17.2. The molecule has 0 aliphatic carbocycles. The van der Waals surface area contributed by atoms with Crippen molar-refractivity contribution in [2.75, 3.05) is 36.4 Å². The van der Waals surface area contributed by atoms with Gasteiger partial charge in [-0.2, -0.15) is 0 Å². The summed E-state index contributed by atoms with van der Waals surface area (Å²) >= 11 is 1.34. The minimum atomic E-state index is -0.622. The van der Waals surface area contributed by atoms with Gasteiger partial charge in [0.2, 0.25) is 5.91 Å². The molecule has 2 heterocycles. The molecule has 1 saturated heterocycles. The average molecular weight is 359 g/mol. The Bertz CT molecular complexity index is 699. The quantitative estimate of drug-likeness (QED) is 0.875. The standard InChI is InChI=1S/C17H21N5O2S/c1-13(15(23)20-16-18-7-12-25-16)19-17(24)22-10-8-21(9-11-22)14-5-3-2-4-6-14/h2-7,12-13H,8-11H2,1H3,(H,19,24)(H,18,20,23)/t13-/m0/s1. The van der Waals surface area contributed by atoms with Gasteiger partial charge in [0.05, 0.1) is 0 Å². The molecule has 3 rings (SSSR count). The molecule has 1 aromatic carbocycles. The summed E-state index contributed by atoms with van der Waals surface area (Å²) < 4.78 is 0. The highest BCUT2D eigenvalue weighted by Gasteiger charge is 2.24. The molecule has 1 aliphatic rings. The maximum atomic E-state index is 12.4. The van der Waals surface area contributed by atoms with Crippen molar-refractivity contribution < 1.29 is 9.59 Å². The number of hydrogen-bond donors (Lipinski definition) is 2. The number of rotatable bonds is 4. The van der Waals surface area contributed by atoms with Crippen molar-refractivity contribution in [1.82, 2.24) is 15.2 Å². The van der Waals surface area contributed by atoms with E-state index in [1.54, 1.807) is 23.4 Å². The molecule has 2 aromatic rings. The fourth-order valence-electron chi connectivity index (χ4n) is 2.65. The molecule has 2 N–H and O–H groups in total. The molecule has 3 amide bonds. The number of thiazole rings is 1. The monoisotopic (exact) mass is 359 g/mol. The van der Waals surface area contributed by atoms with Crippen molar-refractivity contribution in [1.29, 1.82) is 0 Å². The molecule has 0 saturated carbocycles. The van der Waals surface area contributed by atoms with Gasteiger partial charge in [-0.3, -0.25) is 4.79 Å². The minimum Gasteiger partial charge on any atom is -0.368 e. The van der Waals surface area contributed by atoms with Crippen LogP contribution in [0.25, 0.3) is 0 Å². The summed E-state index contributed by atoms with van der Waals surface area (Å²) in [6, 6.07) is 9.32. The highest BCUT2D eigenvalue weighted by molar-refractivity contribution is 7.13. The minimum absolute atomic E-state index is 0.213. The van der Waals surface area contributed by atoms with Crippen LogP contribution >= 0.6 is 11.3 Å². The smallest absolute Gasteiger partial charge is 0.318 e. The SMILES string of the molecule is C[C@H](NC(=O)N1CCN(c2ccccc2)CC1)C(=O)Nc1nccs1. The Hall–Kier alpha value is -2.61. The van der Waals surface area contributed by atoms with Crippen molar-refractivity contribution in [3.8, 4) is 0 Å². The van der Waals surface area contributed by atoms with E-state index in [1.807, 2.05) is 18.2 Å². The van der Waals surface area contributed by atoms with Crippen LogP contribution in [0.15, 0.2) is 41.9 Å². The Morgan fingerprint density at radius 2 is 1.88 bits per heavy atom. The summed E-state index contributed by atoms with van der Waals surface area (Å²) in [6.45, 7) is 4.47. The summed E-state index contributed by atoms with van der Waals surface area (Å²) in [5.74, 6) is -0.272. The second-order valence-electron chi connectivity index (χ2n) is 5.81. The van der Waals surface area contributed by atoms with Crippen LogP contribution in [0, 0.1) is 0 Å². The first-order valence-electron chi connectivity index (χ1n) is 8.19. The van der Waals surface area contributed by atoms with Crippen LogP contribution < -0.4 is 15.5 Å². The third-order valence-corrected chi connectivity index (χ3v) is 4.77. The molecular formula is C17H21N5O2S. The van der Waals surface area contributed by atoms with Crippen LogP contribution in [-0.4, -0.2) is 54.0 Å². The first-order valence-corrected chi connectivity index (χ1v) is 9.07. The largest absolute Gasteiger partial charge is 0.368 e. The van der Waals surface area contributed by atoms with Crippen molar-refractivity contribution in [3.63, 3.8) is 0 Å². The predicted octanol–water partition coefficient (Wildman–Crippen LogP) is 2.00. The molecule has 0 spiro atoms. The number of aromatic nitrogens is 1. The van der Waals surface area contributed by atoms with Crippen LogP contribution in [-0.2, 0) is 4.79 Å². The van der Waals surface area contributed by atoms with E-state index >= 15 is 0 Å². The zero-order valence-electron chi connectivity index (χ0n) is 14.0. The van der Waals surface area contributed by atoms with Gasteiger partial charge in [-0.05, 0) is 19.1 Å².